The molecule has 2 heterocycles. The third-order valence-electron chi connectivity index (χ3n) is 2.25. The molecule has 0 amide bonds. The van der Waals surface area contributed by atoms with Crippen molar-refractivity contribution in [3.8, 4) is 0 Å². The highest BCUT2D eigenvalue weighted by Gasteiger charge is 2.15. The number of hydrogen-bond acceptors (Lipinski definition) is 2. The van der Waals surface area contributed by atoms with Gasteiger partial charge in [-0.25, -0.2) is 0 Å². The molecule has 0 radical (unpaired) electrons. The summed E-state index contributed by atoms with van der Waals surface area (Å²) >= 11 is 1.88. The average Bonchev–Trinajstić information content (AvgIpc) is 2.36. The van der Waals surface area contributed by atoms with Crippen molar-refractivity contribution in [2.24, 2.45) is 5.92 Å². The topological polar surface area (TPSA) is 12.0 Å². The fraction of sp³-hybridized carbons (Fsp3) is 0.556. The molecule has 1 aliphatic heterocycles. The molecule has 0 spiro atoms. The van der Waals surface area contributed by atoms with Gasteiger partial charge in [0.25, 0.3) is 0 Å². The summed E-state index contributed by atoms with van der Waals surface area (Å²) < 4.78 is 0. The first-order valence-electron chi connectivity index (χ1n) is 4.18. The van der Waals surface area contributed by atoms with E-state index in [1.54, 1.807) is 0 Å². The van der Waals surface area contributed by atoms with Gasteiger partial charge in [0.1, 0.15) is 0 Å². The van der Waals surface area contributed by atoms with Crippen LogP contribution in [0.3, 0.4) is 0 Å². The molecule has 1 fully saturated rings. The van der Waals surface area contributed by atoms with E-state index in [2.05, 4.69) is 22.8 Å². The molecule has 0 aliphatic carbocycles. The Hall–Kier alpha value is -0.340. The second-order valence-corrected chi connectivity index (χ2v) is 4.17. The highest BCUT2D eigenvalue weighted by atomic mass is 32.1. The zero-order valence-electron chi connectivity index (χ0n) is 6.55. The van der Waals surface area contributed by atoms with E-state index in [1.807, 2.05) is 11.3 Å². The van der Waals surface area contributed by atoms with Crippen LogP contribution in [0.15, 0.2) is 17.5 Å². The second-order valence-electron chi connectivity index (χ2n) is 3.14. The Morgan fingerprint density at radius 3 is 3.00 bits per heavy atom. The highest BCUT2D eigenvalue weighted by Crippen LogP contribution is 2.16. The third kappa shape index (κ3) is 1.82. The van der Waals surface area contributed by atoms with Crippen LogP contribution in [-0.2, 0) is 6.42 Å². The summed E-state index contributed by atoms with van der Waals surface area (Å²) in [5.41, 5.74) is 0. The van der Waals surface area contributed by atoms with E-state index >= 15 is 0 Å². The van der Waals surface area contributed by atoms with Crippen LogP contribution in [0.2, 0.25) is 0 Å². The first kappa shape index (κ1) is 7.32. The molecule has 0 saturated carbocycles. The van der Waals surface area contributed by atoms with Gasteiger partial charge in [0.2, 0.25) is 0 Å². The molecule has 1 aromatic heterocycles. The van der Waals surface area contributed by atoms with Crippen LogP contribution in [0.1, 0.15) is 11.3 Å². The second kappa shape index (κ2) is 3.37. The first-order chi connectivity index (χ1) is 5.45. The first-order valence-corrected chi connectivity index (χ1v) is 5.06. The molecule has 1 nitrogen and oxygen atoms in total. The fourth-order valence-electron chi connectivity index (χ4n) is 1.35. The summed E-state index contributed by atoms with van der Waals surface area (Å²) in [4.78, 5) is 1.54. The number of rotatable bonds is 3. The lowest BCUT2D eigenvalue weighted by atomic mass is 9.97. The standard InChI is InChI=1S/C9H13NS/c1-2-9(11-5-1)4-3-8-6-10-7-8/h1-2,5,8,10H,3-4,6-7H2. The van der Waals surface area contributed by atoms with E-state index in [-0.39, 0.29) is 0 Å². The van der Waals surface area contributed by atoms with Crippen molar-refractivity contribution in [2.75, 3.05) is 13.1 Å². The van der Waals surface area contributed by atoms with Crippen LogP contribution in [0, 0.1) is 5.92 Å². The third-order valence-corrected chi connectivity index (χ3v) is 3.18. The molecule has 0 unspecified atom stereocenters. The Bertz CT molecular complexity index is 201. The van der Waals surface area contributed by atoms with Gasteiger partial charge >= 0.3 is 0 Å². The van der Waals surface area contributed by atoms with E-state index in [4.69, 9.17) is 0 Å². The molecule has 2 rings (SSSR count). The number of thiophene rings is 1. The van der Waals surface area contributed by atoms with Crippen molar-refractivity contribution in [1.82, 2.24) is 5.32 Å². The summed E-state index contributed by atoms with van der Waals surface area (Å²) in [5.74, 6) is 0.956. The Kier molecular flexibility index (Phi) is 2.24. The molecular formula is C9H13NS. The van der Waals surface area contributed by atoms with Crippen molar-refractivity contribution >= 4 is 11.3 Å². The summed E-state index contributed by atoms with van der Waals surface area (Å²) in [6.07, 6.45) is 2.65. The number of aryl methyl sites for hydroxylation is 1. The number of hydrogen-bond donors (Lipinski definition) is 1. The van der Waals surface area contributed by atoms with Crippen LogP contribution in [-0.4, -0.2) is 13.1 Å². The van der Waals surface area contributed by atoms with Gasteiger partial charge in [0.05, 0.1) is 0 Å². The van der Waals surface area contributed by atoms with E-state index in [1.165, 1.54) is 30.8 Å². The van der Waals surface area contributed by atoms with E-state index in [9.17, 15) is 0 Å². The van der Waals surface area contributed by atoms with Crippen LogP contribution in [0.25, 0.3) is 0 Å². The van der Waals surface area contributed by atoms with Gasteiger partial charge < -0.3 is 5.32 Å². The fourth-order valence-corrected chi connectivity index (χ4v) is 2.08. The molecule has 2 heteroatoms. The largest absolute Gasteiger partial charge is 0.316 e. The minimum atomic E-state index is 0.956. The van der Waals surface area contributed by atoms with Gasteiger partial charge in [-0.15, -0.1) is 11.3 Å². The minimum absolute atomic E-state index is 0.956. The predicted molar refractivity (Wildman–Crippen MR) is 49.0 cm³/mol. The average molecular weight is 167 g/mol. The molecule has 1 N–H and O–H groups in total. The normalized spacial score (nSPS) is 18.2. The van der Waals surface area contributed by atoms with Crippen molar-refractivity contribution in [3.05, 3.63) is 22.4 Å². The summed E-state index contributed by atoms with van der Waals surface area (Å²) in [7, 11) is 0. The van der Waals surface area contributed by atoms with E-state index < -0.39 is 0 Å². The lowest BCUT2D eigenvalue weighted by Gasteiger charge is -2.26. The van der Waals surface area contributed by atoms with Gasteiger partial charge in [-0.2, -0.15) is 0 Å². The maximum atomic E-state index is 3.29. The predicted octanol–water partition coefficient (Wildman–Crippen LogP) is 1.90. The van der Waals surface area contributed by atoms with Gasteiger partial charge in [-0.05, 0) is 43.3 Å². The molecule has 60 valence electrons. The Labute approximate surface area is 71.4 Å². The van der Waals surface area contributed by atoms with Gasteiger partial charge in [-0.1, -0.05) is 6.07 Å². The molecule has 0 bridgehead atoms. The molecule has 11 heavy (non-hydrogen) atoms. The smallest absolute Gasteiger partial charge is 0.00453 e. The molecule has 0 aromatic carbocycles. The van der Waals surface area contributed by atoms with Crippen molar-refractivity contribution in [2.45, 2.75) is 12.8 Å². The zero-order chi connectivity index (χ0) is 7.52. The maximum Gasteiger partial charge on any atom is 0.00453 e. The molecule has 1 saturated heterocycles. The maximum absolute atomic E-state index is 3.29. The van der Waals surface area contributed by atoms with Crippen molar-refractivity contribution in [3.63, 3.8) is 0 Å². The minimum Gasteiger partial charge on any atom is -0.316 e. The summed E-state index contributed by atoms with van der Waals surface area (Å²) in [6.45, 7) is 2.48. The lowest BCUT2D eigenvalue weighted by molar-refractivity contribution is 0.328. The Morgan fingerprint density at radius 1 is 1.55 bits per heavy atom. The lowest BCUT2D eigenvalue weighted by Crippen LogP contribution is -2.41. The summed E-state index contributed by atoms with van der Waals surface area (Å²) in [5, 5.41) is 5.46. The van der Waals surface area contributed by atoms with Gasteiger partial charge in [0, 0.05) is 4.88 Å². The Balaban J connectivity index is 1.74. The van der Waals surface area contributed by atoms with Gasteiger partial charge in [-0.3, -0.25) is 0 Å². The number of nitrogens with one attached hydrogen (secondary N) is 1. The molecule has 1 aromatic rings. The van der Waals surface area contributed by atoms with Gasteiger partial charge in [0.15, 0.2) is 0 Å². The zero-order valence-corrected chi connectivity index (χ0v) is 7.36. The van der Waals surface area contributed by atoms with Crippen molar-refractivity contribution in [1.29, 1.82) is 0 Å². The van der Waals surface area contributed by atoms with Crippen LogP contribution in [0.4, 0.5) is 0 Å². The Morgan fingerprint density at radius 2 is 2.45 bits per heavy atom. The summed E-state index contributed by atoms with van der Waals surface area (Å²) in [6, 6.07) is 4.37. The van der Waals surface area contributed by atoms with E-state index in [0.29, 0.717) is 0 Å². The van der Waals surface area contributed by atoms with Crippen LogP contribution < -0.4 is 5.32 Å². The van der Waals surface area contributed by atoms with Crippen LogP contribution in [0.5, 0.6) is 0 Å². The molecular weight excluding hydrogens is 154 g/mol. The monoisotopic (exact) mass is 167 g/mol. The molecule has 1 aliphatic rings. The van der Waals surface area contributed by atoms with E-state index in [0.717, 1.165) is 5.92 Å². The molecule has 0 atom stereocenters. The highest BCUT2D eigenvalue weighted by molar-refractivity contribution is 7.09. The quantitative estimate of drug-likeness (QED) is 0.725. The van der Waals surface area contributed by atoms with Crippen molar-refractivity contribution < 1.29 is 0 Å². The SMILES string of the molecule is c1csc(CCC2CNC2)c1. The van der Waals surface area contributed by atoms with Crippen LogP contribution >= 0.6 is 11.3 Å².